The molecule has 4 heteroatoms. The number of aliphatic hydroxyl groups is 1. The maximum absolute atomic E-state index is 12.9. The number of phenolic OH excluding ortho intramolecular Hbond substituents is 1. The monoisotopic (exact) mass is 308 g/mol. The number of ketones is 2. The summed E-state index contributed by atoms with van der Waals surface area (Å²) >= 11 is 0. The SMILES string of the molecule is C[C@H]1CC(=O)c2c(ccc3c2C(=O)c2cccc(O)c2[C@H]3O)C1. The first-order chi connectivity index (χ1) is 11.0. The topological polar surface area (TPSA) is 74.6 Å². The molecule has 116 valence electrons. The van der Waals surface area contributed by atoms with Gasteiger partial charge in [0.1, 0.15) is 11.9 Å². The molecule has 2 atom stereocenters. The van der Waals surface area contributed by atoms with Gasteiger partial charge in [-0.05, 0) is 29.5 Å². The molecule has 0 saturated heterocycles. The van der Waals surface area contributed by atoms with Crippen LogP contribution in [0.1, 0.15) is 62.4 Å². The lowest BCUT2D eigenvalue weighted by Crippen LogP contribution is -2.27. The smallest absolute Gasteiger partial charge is 0.194 e. The van der Waals surface area contributed by atoms with E-state index in [2.05, 4.69) is 0 Å². The van der Waals surface area contributed by atoms with Crippen LogP contribution in [0.5, 0.6) is 5.75 Å². The number of rotatable bonds is 0. The molecule has 0 aromatic heterocycles. The van der Waals surface area contributed by atoms with Crippen LogP contribution in [-0.2, 0) is 6.42 Å². The molecule has 2 aromatic rings. The fourth-order valence-electron chi connectivity index (χ4n) is 3.82. The second-order valence-corrected chi connectivity index (χ2v) is 6.47. The maximum Gasteiger partial charge on any atom is 0.194 e. The number of benzene rings is 2. The van der Waals surface area contributed by atoms with Crippen molar-refractivity contribution in [3.05, 3.63) is 63.7 Å². The molecule has 0 spiro atoms. The zero-order chi connectivity index (χ0) is 16.3. The third-order valence-corrected chi connectivity index (χ3v) is 4.83. The summed E-state index contributed by atoms with van der Waals surface area (Å²) < 4.78 is 0. The number of aliphatic hydroxyl groups excluding tert-OH is 1. The highest BCUT2D eigenvalue weighted by Gasteiger charge is 2.37. The van der Waals surface area contributed by atoms with Gasteiger partial charge in [0.25, 0.3) is 0 Å². The highest BCUT2D eigenvalue weighted by atomic mass is 16.3. The van der Waals surface area contributed by atoms with Gasteiger partial charge in [-0.25, -0.2) is 0 Å². The number of carbonyl (C=O) groups excluding carboxylic acids is 2. The Bertz CT molecular complexity index is 866. The Labute approximate surface area is 133 Å². The summed E-state index contributed by atoms with van der Waals surface area (Å²) in [7, 11) is 0. The van der Waals surface area contributed by atoms with Crippen LogP contribution in [0.15, 0.2) is 30.3 Å². The largest absolute Gasteiger partial charge is 0.508 e. The number of carbonyl (C=O) groups is 2. The van der Waals surface area contributed by atoms with Gasteiger partial charge in [-0.2, -0.15) is 0 Å². The van der Waals surface area contributed by atoms with Gasteiger partial charge in [-0.3, -0.25) is 9.59 Å². The molecule has 2 aliphatic rings. The van der Waals surface area contributed by atoms with Gasteiger partial charge in [0, 0.05) is 28.7 Å². The molecule has 0 aliphatic heterocycles. The van der Waals surface area contributed by atoms with Gasteiger partial charge < -0.3 is 10.2 Å². The van der Waals surface area contributed by atoms with Crippen molar-refractivity contribution in [2.45, 2.75) is 25.9 Å². The highest BCUT2D eigenvalue weighted by Crippen LogP contribution is 2.42. The van der Waals surface area contributed by atoms with Crippen LogP contribution < -0.4 is 0 Å². The molecule has 0 heterocycles. The van der Waals surface area contributed by atoms with Crippen molar-refractivity contribution in [2.24, 2.45) is 5.92 Å². The quantitative estimate of drug-likeness (QED) is 0.785. The molecule has 2 aromatic carbocycles. The molecule has 2 aliphatic carbocycles. The third kappa shape index (κ3) is 1.88. The standard InChI is InChI=1S/C19H16O4/c1-9-7-10-5-6-12-17(15(10)14(21)8-9)19(23)11-3-2-4-13(20)16(11)18(12)22/h2-6,9,18,20,22H,7-8H2,1H3/t9-,18+/m1/s1. The van der Waals surface area contributed by atoms with Gasteiger partial charge in [-0.15, -0.1) is 0 Å². The van der Waals surface area contributed by atoms with E-state index in [1.165, 1.54) is 6.07 Å². The van der Waals surface area contributed by atoms with Crippen molar-refractivity contribution in [1.82, 2.24) is 0 Å². The fourth-order valence-corrected chi connectivity index (χ4v) is 3.82. The van der Waals surface area contributed by atoms with E-state index >= 15 is 0 Å². The summed E-state index contributed by atoms with van der Waals surface area (Å²) in [5.41, 5.74) is 2.54. The molecule has 0 amide bonds. The highest BCUT2D eigenvalue weighted by molar-refractivity contribution is 6.19. The molecule has 4 nitrogen and oxygen atoms in total. The zero-order valence-electron chi connectivity index (χ0n) is 12.7. The summed E-state index contributed by atoms with van der Waals surface area (Å²) in [6, 6.07) is 8.13. The van der Waals surface area contributed by atoms with E-state index in [9.17, 15) is 19.8 Å². The van der Waals surface area contributed by atoms with Crippen LogP contribution >= 0.6 is 0 Å². The minimum atomic E-state index is -1.10. The van der Waals surface area contributed by atoms with Crippen molar-refractivity contribution >= 4 is 11.6 Å². The average Bonchev–Trinajstić information content (AvgIpc) is 2.51. The van der Waals surface area contributed by atoms with E-state index in [-0.39, 0.29) is 34.4 Å². The molecular formula is C19H16O4. The zero-order valence-corrected chi connectivity index (χ0v) is 12.7. The Balaban J connectivity index is 2.01. The summed E-state index contributed by atoms with van der Waals surface area (Å²) in [4.78, 5) is 25.4. The first kappa shape index (κ1) is 14.2. The molecule has 23 heavy (non-hydrogen) atoms. The van der Waals surface area contributed by atoms with E-state index in [0.29, 0.717) is 23.1 Å². The minimum absolute atomic E-state index is 0.0419. The van der Waals surface area contributed by atoms with E-state index in [1.807, 2.05) is 13.0 Å². The molecule has 0 saturated carbocycles. The van der Waals surface area contributed by atoms with Crippen LogP contribution in [0.4, 0.5) is 0 Å². The Morgan fingerprint density at radius 1 is 1.04 bits per heavy atom. The summed E-state index contributed by atoms with van der Waals surface area (Å²) in [6.45, 7) is 2.02. The number of hydrogen-bond donors (Lipinski definition) is 2. The van der Waals surface area contributed by atoms with Crippen molar-refractivity contribution in [1.29, 1.82) is 0 Å². The summed E-state index contributed by atoms with van der Waals surface area (Å²) in [5, 5.41) is 20.6. The fraction of sp³-hybridized carbons (Fsp3) is 0.263. The summed E-state index contributed by atoms with van der Waals surface area (Å²) in [6.07, 6.45) is 0.0704. The van der Waals surface area contributed by atoms with E-state index in [1.54, 1.807) is 18.2 Å². The maximum atomic E-state index is 12.9. The van der Waals surface area contributed by atoms with E-state index in [4.69, 9.17) is 0 Å². The Kier molecular flexibility index (Phi) is 2.93. The first-order valence-electron chi connectivity index (χ1n) is 7.72. The predicted octanol–water partition coefficient (Wildman–Crippen LogP) is 2.78. The molecule has 4 rings (SSSR count). The van der Waals surface area contributed by atoms with Crippen molar-refractivity contribution in [3.63, 3.8) is 0 Å². The number of Topliss-reactive ketones (excluding diaryl/α,β-unsaturated/α-hetero) is 1. The van der Waals surface area contributed by atoms with Gasteiger partial charge in [-0.1, -0.05) is 31.2 Å². The normalized spacial score (nSPS) is 22.3. The van der Waals surface area contributed by atoms with E-state index < -0.39 is 6.10 Å². The Morgan fingerprint density at radius 2 is 1.83 bits per heavy atom. The lowest BCUT2D eigenvalue weighted by Gasteiger charge is -2.29. The van der Waals surface area contributed by atoms with Crippen molar-refractivity contribution in [2.75, 3.05) is 0 Å². The number of phenols is 1. The molecule has 2 N–H and O–H groups in total. The van der Waals surface area contributed by atoms with Crippen molar-refractivity contribution in [3.8, 4) is 5.75 Å². The number of fused-ring (bicyclic) bond motifs is 4. The van der Waals surface area contributed by atoms with Gasteiger partial charge in [0.15, 0.2) is 11.6 Å². The van der Waals surface area contributed by atoms with Crippen LogP contribution in [0.25, 0.3) is 0 Å². The van der Waals surface area contributed by atoms with Crippen LogP contribution in [-0.4, -0.2) is 21.8 Å². The Hall–Kier alpha value is -2.46. The number of hydrogen-bond acceptors (Lipinski definition) is 4. The molecule has 0 fully saturated rings. The molecular weight excluding hydrogens is 292 g/mol. The molecule has 0 unspecified atom stereocenters. The summed E-state index contributed by atoms with van der Waals surface area (Å²) in [5.74, 6) is -0.185. The second kappa shape index (κ2) is 4.77. The average molecular weight is 308 g/mol. The molecule has 0 radical (unpaired) electrons. The van der Waals surface area contributed by atoms with Gasteiger partial charge in [0.2, 0.25) is 0 Å². The first-order valence-corrected chi connectivity index (χ1v) is 7.72. The second-order valence-electron chi connectivity index (χ2n) is 6.47. The number of aromatic hydroxyl groups is 1. The minimum Gasteiger partial charge on any atom is -0.508 e. The lowest BCUT2D eigenvalue weighted by atomic mass is 9.74. The van der Waals surface area contributed by atoms with Crippen LogP contribution in [0.3, 0.4) is 0 Å². The van der Waals surface area contributed by atoms with E-state index in [0.717, 1.165) is 12.0 Å². The van der Waals surface area contributed by atoms with Gasteiger partial charge in [0.05, 0.1) is 0 Å². The predicted molar refractivity (Wildman–Crippen MR) is 83.9 cm³/mol. The lowest BCUT2D eigenvalue weighted by molar-refractivity contribution is 0.0935. The van der Waals surface area contributed by atoms with Crippen LogP contribution in [0, 0.1) is 5.92 Å². The van der Waals surface area contributed by atoms with Crippen molar-refractivity contribution < 1.29 is 19.8 Å². The third-order valence-electron chi connectivity index (χ3n) is 4.83. The van der Waals surface area contributed by atoms with Crippen LogP contribution in [0.2, 0.25) is 0 Å². The molecule has 0 bridgehead atoms. The van der Waals surface area contributed by atoms with Gasteiger partial charge >= 0.3 is 0 Å². The Morgan fingerprint density at radius 3 is 2.61 bits per heavy atom.